The van der Waals surface area contributed by atoms with Crippen molar-refractivity contribution in [3.63, 3.8) is 0 Å². The Morgan fingerprint density at radius 1 is 1.05 bits per heavy atom. The zero-order chi connectivity index (χ0) is 16.3. The Labute approximate surface area is 130 Å². The lowest BCUT2D eigenvalue weighted by molar-refractivity contribution is 0.532. The maximum Gasteiger partial charge on any atom is 0.0345 e. The van der Waals surface area contributed by atoms with Gasteiger partial charge in [0.25, 0.3) is 0 Å². The molecule has 2 nitrogen and oxygen atoms in total. The normalized spacial score (nSPS) is 12.1. The molecular formula is C19H30N2. The molecule has 0 fully saturated rings. The van der Waals surface area contributed by atoms with Crippen LogP contribution in [0.4, 0.5) is 0 Å². The lowest BCUT2D eigenvalue weighted by Crippen LogP contribution is -2.13. The highest BCUT2D eigenvalue weighted by Crippen LogP contribution is 2.11. The summed E-state index contributed by atoms with van der Waals surface area (Å²) in [5, 5.41) is 14.3. The minimum atomic E-state index is 0.284. The van der Waals surface area contributed by atoms with Gasteiger partial charge in [0.15, 0.2) is 0 Å². The van der Waals surface area contributed by atoms with Gasteiger partial charge >= 0.3 is 0 Å². The third kappa shape index (κ3) is 9.78. The van der Waals surface area contributed by atoms with E-state index in [1.165, 1.54) is 18.2 Å². The summed E-state index contributed by atoms with van der Waals surface area (Å²) in [6, 6.07) is 10.6. The van der Waals surface area contributed by atoms with Gasteiger partial charge in [0.2, 0.25) is 0 Å². The molecule has 116 valence electrons. The summed E-state index contributed by atoms with van der Waals surface area (Å²) >= 11 is 0. The van der Waals surface area contributed by atoms with E-state index < -0.39 is 0 Å². The van der Waals surface area contributed by atoms with Crippen molar-refractivity contribution in [1.29, 1.82) is 10.8 Å². The minimum Gasteiger partial charge on any atom is -0.309 e. The van der Waals surface area contributed by atoms with Gasteiger partial charge in [0, 0.05) is 11.9 Å². The molecule has 0 spiro atoms. The maximum absolute atomic E-state index is 7.54. The number of nitrogens with one attached hydrogen (secondary N) is 2. The fourth-order valence-corrected chi connectivity index (χ4v) is 1.75. The molecule has 1 unspecified atom stereocenters. The van der Waals surface area contributed by atoms with Gasteiger partial charge in [-0.25, -0.2) is 0 Å². The molecule has 0 aromatic heterocycles. The maximum atomic E-state index is 7.54. The van der Waals surface area contributed by atoms with E-state index in [-0.39, 0.29) is 5.92 Å². The summed E-state index contributed by atoms with van der Waals surface area (Å²) in [6.45, 7) is 10.7. The van der Waals surface area contributed by atoms with Crippen molar-refractivity contribution in [2.75, 3.05) is 0 Å². The third-order valence-corrected chi connectivity index (χ3v) is 3.35. The highest BCUT2D eigenvalue weighted by atomic mass is 14.4. The van der Waals surface area contributed by atoms with Crippen LogP contribution in [0.3, 0.4) is 0 Å². The van der Waals surface area contributed by atoms with E-state index in [1.807, 2.05) is 6.92 Å². The molecule has 0 saturated heterocycles. The number of hydrogen-bond acceptors (Lipinski definition) is 2. The average Bonchev–Trinajstić information content (AvgIpc) is 2.44. The molecule has 1 atom stereocenters. The lowest BCUT2D eigenvalue weighted by Gasteiger charge is -2.13. The molecule has 1 aromatic rings. The minimum absolute atomic E-state index is 0.284. The van der Waals surface area contributed by atoms with E-state index in [2.05, 4.69) is 58.0 Å². The zero-order valence-corrected chi connectivity index (χ0v) is 14.1. The predicted molar refractivity (Wildman–Crippen MR) is 94.6 cm³/mol. The molecule has 0 aliphatic heterocycles. The second-order valence-corrected chi connectivity index (χ2v) is 6.10. The van der Waals surface area contributed by atoms with Gasteiger partial charge in [-0.15, -0.1) is 0 Å². The molecule has 21 heavy (non-hydrogen) atoms. The first kappa shape index (κ1) is 19.3. The molecule has 0 saturated carbocycles. The predicted octanol–water partition coefficient (Wildman–Crippen LogP) is 5.39. The Hall–Kier alpha value is -1.70. The molecule has 0 amide bonds. The Morgan fingerprint density at radius 2 is 1.62 bits per heavy atom. The van der Waals surface area contributed by atoms with E-state index in [0.29, 0.717) is 11.6 Å². The van der Waals surface area contributed by atoms with Gasteiger partial charge in [-0.1, -0.05) is 65.0 Å². The summed E-state index contributed by atoms with van der Waals surface area (Å²) in [4.78, 5) is 0. The Kier molecular flexibility index (Phi) is 10.1. The topological polar surface area (TPSA) is 47.7 Å². The first-order valence-corrected chi connectivity index (χ1v) is 7.68. The molecule has 0 aliphatic carbocycles. The van der Waals surface area contributed by atoms with E-state index >= 15 is 0 Å². The lowest BCUT2D eigenvalue weighted by atomic mass is 9.93. The molecule has 2 heteroatoms. The van der Waals surface area contributed by atoms with Crippen molar-refractivity contribution < 1.29 is 0 Å². The molecule has 1 rings (SSSR count). The number of rotatable bonds is 6. The Balaban J connectivity index is 0.000000382. The van der Waals surface area contributed by atoms with Crippen molar-refractivity contribution in [2.45, 2.75) is 41.0 Å². The third-order valence-electron chi connectivity index (χ3n) is 3.35. The van der Waals surface area contributed by atoms with Crippen molar-refractivity contribution in [2.24, 2.45) is 17.8 Å². The van der Waals surface area contributed by atoms with Crippen molar-refractivity contribution >= 4 is 11.9 Å². The SMILES string of the molecule is CC(C)C(C)C(=N)/C=C\C=N.CC(C)Cc1ccccc1. The van der Waals surface area contributed by atoms with E-state index in [1.54, 1.807) is 12.2 Å². The number of hydrogen-bond donors (Lipinski definition) is 2. The van der Waals surface area contributed by atoms with Gasteiger partial charge in [0.05, 0.1) is 0 Å². The highest BCUT2D eigenvalue weighted by molar-refractivity contribution is 5.96. The van der Waals surface area contributed by atoms with Crippen LogP contribution in [0.25, 0.3) is 0 Å². The van der Waals surface area contributed by atoms with Crippen molar-refractivity contribution in [1.82, 2.24) is 0 Å². The Morgan fingerprint density at radius 3 is 2.05 bits per heavy atom. The molecule has 0 aliphatic rings. The van der Waals surface area contributed by atoms with E-state index in [4.69, 9.17) is 10.8 Å². The van der Waals surface area contributed by atoms with Crippen molar-refractivity contribution in [3.8, 4) is 0 Å². The first-order chi connectivity index (χ1) is 9.88. The zero-order valence-electron chi connectivity index (χ0n) is 14.1. The van der Waals surface area contributed by atoms with Crippen LogP contribution in [0.1, 0.15) is 40.2 Å². The summed E-state index contributed by atoms with van der Waals surface area (Å²) < 4.78 is 0. The van der Waals surface area contributed by atoms with Crippen LogP contribution in [-0.4, -0.2) is 11.9 Å². The van der Waals surface area contributed by atoms with Crippen LogP contribution in [0, 0.1) is 28.6 Å². The second kappa shape index (κ2) is 11.0. The summed E-state index contributed by atoms with van der Waals surface area (Å²) in [6.07, 6.45) is 5.65. The first-order valence-electron chi connectivity index (χ1n) is 7.68. The fraction of sp³-hybridized carbons (Fsp3) is 0.474. The van der Waals surface area contributed by atoms with Gasteiger partial charge in [-0.05, 0) is 41.9 Å². The average molecular weight is 286 g/mol. The second-order valence-electron chi connectivity index (χ2n) is 6.10. The smallest absolute Gasteiger partial charge is 0.0345 e. The van der Waals surface area contributed by atoms with Crippen LogP contribution in [0.2, 0.25) is 0 Å². The highest BCUT2D eigenvalue weighted by Gasteiger charge is 2.09. The largest absolute Gasteiger partial charge is 0.309 e. The molecule has 2 N–H and O–H groups in total. The number of allylic oxidation sites excluding steroid dienone is 2. The van der Waals surface area contributed by atoms with Crippen LogP contribution >= 0.6 is 0 Å². The van der Waals surface area contributed by atoms with Gasteiger partial charge in [0.1, 0.15) is 0 Å². The molecular weight excluding hydrogens is 256 g/mol. The van der Waals surface area contributed by atoms with E-state index in [9.17, 15) is 0 Å². The molecule has 0 heterocycles. The summed E-state index contributed by atoms with van der Waals surface area (Å²) in [5.41, 5.74) is 2.04. The monoisotopic (exact) mass is 286 g/mol. The van der Waals surface area contributed by atoms with E-state index in [0.717, 1.165) is 5.92 Å². The summed E-state index contributed by atoms with van der Waals surface area (Å²) in [5.74, 6) is 1.55. The van der Waals surface area contributed by atoms with Crippen LogP contribution < -0.4 is 0 Å². The molecule has 1 aromatic carbocycles. The number of benzene rings is 1. The molecule has 0 bridgehead atoms. The van der Waals surface area contributed by atoms with Crippen molar-refractivity contribution in [3.05, 3.63) is 48.0 Å². The standard InChI is InChI=1S/C10H14.C9H16N2/c1-9(2)8-10-6-4-3-5-7-10;1-7(2)8(3)9(11)5-4-6-10/h3-7,9H,8H2,1-2H3;4-8,10-11H,1-3H3/b;5-4-,10-6?,11-9?. The molecule has 0 radical (unpaired) electrons. The summed E-state index contributed by atoms with van der Waals surface area (Å²) in [7, 11) is 0. The van der Waals surface area contributed by atoms with Crippen LogP contribution in [0.15, 0.2) is 42.5 Å². The van der Waals surface area contributed by atoms with Gasteiger partial charge < -0.3 is 10.8 Å². The van der Waals surface area contributed by atoms with Crippen LogP contribution in [0.5, 0.6) is 0 Å². The van der Waals surface area contributed by atoms with Gasteiger partial charge in [-0.2, -0.15) is 0 Å². The Bertz CT molecular complexity index is 430. The quantitative estimate of drug-likeness (QED) is 0.659. The van der Waals surface area contributed by atoms with Gasteiger partial charge in [-0.3, -0.25) is 0 Å². The van der Waals surface area contributed by atoms with Crippen LogP contribution in [-0.2, 0) is 6.42 Å². The fourth-order valence-electron chi connectivity index (χ4n) is 1.75.